The number of benzene rings is 2. The maximum Gasteiger partial charge on any atom is 0.319 e. The van der Waals surface area contributed by atoms with Crippen LogP contribution in [0.1, 0.15) is 62.5 Å². The van der Waals surface area contributed by atoms with Gasteiger partial charge in [-0.15, -0.1) is 0 Å². The van der Waals surface area contributed by atoms with E-state index in [4.69, 9.17) is 60.6 Å². The largest absolute Gasteiger partial charge is 0.508 e. The van der Waals surface area contributed by atoms with Gasteiger partial charge in [-0.2, -0.15) is 0 Å². The van der Waals surface area contributed by atoms with Crippen molar-refractivity contribution in [2.75, 3.05) is 94.1 Å². The van der Waals surface area contributed by atoms with Gasteiger partial charge in [-0.05, 0) is 88.5 Å². The predicted molar refractivity (Wildman–Crippen MR) is 322 cm³/mol. The van der Waals surface area contributed by atoms with Crippen molar-refractivity contribution in [3.8, 4) is 5.75 Å². The van der Waals surface area contributed by atoms with E-state index in [1.165, 1.54) is 45.3 Å². The number of carbonyl (C=O) groups is 11. The smallest absolute Gasteiger partial charge is 0.319 e. The average molecular weight is 1250 g/mol. The van der Waals surface area contributed by atoms with Gasteiger partial charge in [0.15, 0.2) is 0 Å². The number of phenolic OH excluding ortho intramolecular Hbond substituents is 1. The summed E-state index contributed by atoms with van der Waals surface area (Å²) in [7, 11) is 7.62. The minimum absolute atomic E-state index is 0.0229. The van der Waals surface area contributed by atoms with Crippen LogP contribution in [0.5, 0.6) is 5.75 Å². The van der Waals surface area contributed by atoms with Gasteiger partial charge in [0.1, 0.15) is 31.9 Å². The summed E-state index contributed by atoms with van der Waals surface area (Å²) >= 11 is 0. The number of aliphatic carboxylic acids is 4. The molecule has 27 N–H and O–H groups in total. The standard InChI is InChI=1S/C17H27N5O5.C17H27N5O4.C10H21N5O4.C9H20N4O3/c1-22(10-16(25)26)21-15(24)9-12(6-7-18)20-17(27)14(19)8-11-2-4-13(23)5-3-11;1-22(11-16(24)25)21-15(23)10-13(7-8-18)20-17(26)14(19)9-12-5-3-2-4-6-12;1-15(6-10(18)19)14-8(16)4-7(12)2-3-13-9(17)5-11;1-11-4-3-7(10)5-8(14)12-13(2)6-9(15)16/h2-5,12,14,23H,6-10,18-19H2,1H3,(H,20,27)(H,21,24)(H,25,26);2-6,13-14H,7-11,18-19H2,1H3,(H,20,26)(H,21,23)(H,24,25);7H,2-6,11-12H2,1H3,(H,13,17)(H,14,16)(H,18,19);7,11H,3-6,10H2,1-2H3,(H,12,14)(H,15,16)/t12-,14-;13-,14-;2*7-/m0000/s1. The first-order valence-corrected chi connectivity index (χ1v) is 27.7. The van der Waals surface area contributed by atoms with Crippen molar-refractivity contribution in [3.05, 3.63) is 65.7 Å². The average Bonchev–Trinajstić information content (AvgIpc) is 3.51. The van der Waals surface area contributed by atoms with Crippen LogP contribution in [0.2, 0.25) is 0 Å². The number of rotatable bonds is 39. The minimum atomic E-state index is -1.08. The topological polar surface area (TPSA) is 580 Å². The van der Waals surface area contributed by atoms with E-state index in [2.05, 4.69) is 43.0 Å². The highest BCUT2D eigenvalue weighted by molar-refractivity contribution is 5.84. The first-order chi connectivity index (χ1) is 41.3. The predicted octanol–water partition coefficient (Wildman–Crippen LogP) is -7.06. The molecule has 0 aliphatic heterocycles. The zero-order valence-electron chi connectivity index (χ0n) is 50.7. The first-order valence-electron chi connectivity index (χ1n) is 27.7. The Bertz CT molecular complexity index is 2420. The third kappa shape index (κ3) is 46.2. The Morgan fingerprint density at radius 2 is 0.784 bits per heavy atom. The number of nitrogens with two attached hydrogens (primary N) is 7. The SMILES string of the molecule is CN(CC(=O)O)NC(=O)C[C@@H](N)CCNC(=O)CN.CN(CC(=O)O)NC(=O)C[C@H](CCN)NC(=O)[C@@H](N)Cc1ccc(O)cc1.CN(CC(=O)O)NC(=O)C[C@H](CCN)NC(=O)[C@@H](N)Cc1ccccc1.CNCC[C@H](N)CC(=O)NN(C)CC(=O)O. The fourth-order valence-electron chi connectivity index (χ4n) is 7.34. The van der Waals surface area contributed by atoms with Crippen LogP contribution in [0.15, 0.2) is 54.6 Å². The van der Waals surface area contributed by atoms with Gasteiger partial charge in [0, 0.05) is 84.6 Å². The Morgan fingerprint density at radius 3 is 1.10 bits per heavy atom. The highest BCUT2D eigenvalue weighted by Crippen LogP contribution is 2.11. The lowest BCUT2D eigenvalue weighted by Crippen LogP contribution is -2.49. The number of nitrogens with one attached hydrogen (secondary N) is 8. The molecule has 0 radical (unpaired) electrons. The fourth-order valence-corrected chi connectivity index (χ4v) is 7.34. The second-order valence-corrected chi connectivity index (χ2v) is 20.0. The molecule has 498 valence electrons. The van der Waals surface area contributed by atoms with Crippen molar-refractivity contribution >= 4 is 65.2 Å². The number of hydrazine groups is 4. The second-order valence-electron chi connectivity index (χ2n) is 20.0. The molecule has 0 aliphatic rings. The molecule has 2 aromatic rings. The van der Waals surface area contributed by atoms with E-state index in [1.54, 1.807) is 12.1 Å². The van der Waals surface area contributed by atoms with Crippen molar-refractivity contribution in [2.24, 2.45) is 40.1 Å². The van der Waals surface area contributed by atoms with Crippen molar-refractivity contribution in [1.29, 1.82) is 0 Å². The number of carboxylic acid groups (broad SMARTS) is 4. The van der Waals surface area contributed by atoms with Gasteiger partial charge in [0.25, 0.3) is 0 Å². The Kier molecular flexibility index (Phi) is 44.7. The third-order valence-electron chi connectivity index (χ3n) is 11.4. The molecule has 0 spiro atoms. The molecule has 0 saturated heterocycles. The van der Waals surface area contributed by atoms with E-state index in [9.17, 15) is 57.8 Å². The molecule has 35 nitrogen and oxygen atoms in total. The molecule has 6 atom stereocenters. The summed E-state index contributed by atoms with van der Waals surface area (Å²) < 4.78 is 0. The van der Waals surface area contributed by atoms with E-state index in [1.807, 2.05) is 37.4 Å². The Hall–Kier alpha value is -8.07. The fraction of sp³-hybridized carbons (Fsp3) is 0.566. The number of amides is 7. The van der Waals surface area contributed by atoms with Gasteiger partial charge in [-0.3, -0.25) is 74.4 Å². The summed E-state index contributed by atoms with van der Waals surface area (Å²) in [5, 5.41) is 59.2. The molecular formula is C53H95N19O16. The molecule has 0 fully saturated rings. The van der Waals surface area contributed by atoms with Gasteiger partial charge >= 0.3 is 23.9 Å². The number of nitrogens with zero attached hydrogens (tertiary/aromatic N) is 4. The first kappa shape index (κ1) is 82.0. The zero-order chi connectivity index (χ0) is 67.3. The Morgan fingerprint density at radius 1 is 0.455 bits per heavy atom. The van der Waals surface area contributed by atoms with Crippen LogP contribution in [0, 0.1) is 0 Å². The number of carbonyl (C=O) groups excluding carboxylic acids is 7. The molecule has 2 aromatic carbocycles. The molecule has 88 heavy (non-hydrogen) atoms. The van der Waals surface area contributed by atoms with Gasteiger partial charge < -0.3 is 86.9 Å². The van der Waals surface area contributed by atoms with Crippen LogP contribution in [0.25, 0.3) is 0 Å². The van der Waals surface area contributed by atoms with Crippen LogP contribution in [-0.2, 0) is 65.6 Å². The number of likely N-dealkylation sites (N-methyl/N-ethyl adjacent to an activating group) is 4. The summed E-state index contributed by atoms with van der Waals surface area (Å²) in [6, 6.07) is 12.5. The van der Waals surface area contributed by atoms with Crippen molar-refractivity contribution in [1.82, 2.24) is 63.0 Å². The molecule has 7 amide bonds. The molecule has 0 unspecified atom stereocenters. The van der Waals surface area contributed by atoms with Crippen molar-refractivity contribution in [3.63, 3.8) is 0 Å². The number of hydrogen-bond donors (Lipinski definition) is 20. The number of hydrogen-bond acceptors (Lipinski definition) is 24. The lowest BCUT2D eigenvalue weighted by atomic mass is 10.0. The van der Waals surface area contributed by atoms with E-state index >= 15 is 0 Å². The molecule has 0 saturated carbocycles. The van der Waals surface area contributed by atoms with E-state index in [0.29, 0.717) is 38.6 Å². The number of carboxylic acids is 4. The molecular weight excluding hydrogens is 1160 g/mol. The summed E-state index contributed by atoms with van der Waals surface area (Å²) in [4.78, 5) is 124. The van der Waals surface area contributed by atoms with Gasteiger partial charge in [0.05, 0.1) is 18.6 Å². The highest BCUT2D eigenvalue weighted by Gasteiger charge is 2.23. The van der Waals surface area contributed by atoms with Crippen molar-refractivity contribution in [2.45, 2.75) is 100 Å². The third-order valence-corrected chi connectivity index (χ3v) is 11.4. The van der Waals surface area contributed by atoms with Crippen LogP contribution < -0.4 is 83.1 Å². The normalized spacial score (nSPS) is 12.7. The lowest BCUT2D eigenvalue weighted by molar-refractivity contribution is -0.141. The molecule has 2 rings (SSSR count). The van der Waals surface area contributed by atoms with E-state index < -0.39 is 71.8 Å². The maximum absolute atomic E-state index is 12.3. The van der Waals surface area contributed by atoms with Crippen LogP contribution in [0.4, 0.5) is 0 Å². The van der Waals surface area contributed by atoms with Crippen LogP contribution in [0.3, 0.4) is 0 Å². The second kappa shape index (κ2) is 48.0. The van der Waals surface area contributed by atoms with Crippen LogP contribution in [-0.4, -0.2) is 241 Å². The van der Waals surface area contributed by atoms with E-state index in [0.717, 1.165) is 32.7 Å². The Balaban J connectivity index is 0. The summed E-state index contributed by atoms with van der Waals surface area (Å²) in [5.41, 5.74) is 50.8. The molecule has 35 heteroatoms. The quantitative estimate of drug-likeness (QED) is 0.0277. The van der Waals surface area contributed by atoms with Gasteiger partial charge in [-0.25, -0.2) is 20.0 Å². The van der Waals surface area contributed by atoms with Crippen molar-refractivity contribution < 1.29 is 78.3 Å². The van der Waals surface area contributed by atoms with Gasteiger partial charge in [0.2, 0.25) is 41.4 Å². The molecule has 0 heterocycles. The zero-order valence-corrected chi connectivity index (χ0v) is 50.7. The van der Waals surface area contributed by atoms with Crippen LogP contribution >= 0.6 is 0 Å². The molecule has 0 bridgehead atoms. The molecule has 0 aromatic heterocycles. The maximum atomic E-state index is 12.3. The minimum Gasteiger partial charge on any atom is -0.508 e. The number of phenols is 1. The summed E-state index contributed by atoms with van der Waals surface area (Å²) in [6.45, 7) is 0.335. The number of aromatic hydroxyl groups is 1. The van der Waals surface area contributed by atoms with E-state index in [-0.39, 0.29) is 113 Å². The summed E-state index contributed by atoms with van der Waals surface area (Å²) in [6.07, 6.45) is 2.71. The monoisotopic (exact) mass is 1250 g/mol. The lowest BCUT2D eigenvalue weighted by Gasteiger charge is -2.22. The summed E-state index contributed by atoms with van der Waals surface area (Å²) in [5.74, 6) is -6.62. The molecule has 0 aliphatic carbocycles. The highest BCUT2D eigenvalue weighted by atomic mass is 16.4. The van der Waals surface area contributed by atoms with Gasteiger partial charge in [-0.1, -0.05) is 42.5 Å². The Labute approximate surface area is 511 Å².